The van der Waals surface area contributed by atoms with E-state index in [2.05, 4.69) is 15.2 Å². The van der Waals surface area contributed by atoms with Gasteiger partial charge in [0, 0.05) is 39.1 Å². The summed E-state index contributed by atoms with van der Waals surface area (Å²) >= 11 is 0. The first-order chi connectivity index (χ1) is 14.2. The van der Waals surface area contributed by atoms with E-state index in [0.29, 0.717) is 45.2 Å². The van der Waals surface area contributed by atoms with E-state index in [4.69, 9.17) is 4.74 Å². The maximum Gasteiger partial charge on any atom is 0.294 e. The molecular weight excluding hydrogens is 370 g/mol. The van der Waals surface area contributed by atoms with Crippen LogP contribution in [0.3, 0.4) is 0 Å². The zero-order valence-electron chi connectivity index (χ0n) is 16.8. The number of carbonyl (C=O) groups excluding carboxylic acids is 1. The molecule has 2 saturated heterocycles. The lowest BCUT2D eigenvalue weighted by atomic mass is 10.2. The van der Waals surface area contributed by atoms with Gasteiger partial charge < -0.3 is 24.4 Å². The average molecular weight is 399 g/mol. The number of aromatic nitrogens is 2. The topological polar surface area (TPSA) is 79.7 Å². The molecule has 0 bridgehead atoms. The largest absolute Gasteiger partial charge is 0.378 e. The van der Waals surface area contributed by atoms with Crippen LogP contribution >= 0.6 is 0 Å². The maximum absolute atomic E-state index is 13.2. The number of ether oxygens (including phenoxy) is 1. The molecule has 29 heavy (non-hydrogen) atoms. The summed E-state index contributed by atoms with van der Waals surface area (Å²) in [5.41, 5.74) is 1.39. The minimum Gasteiger partial charge on any atom is -0.378 e. The zero-order valence-corrected chi connectivity index (χ0v) is 16.8. The summed E-state index contributed by atoms with van der Waals surface area (Å²) in [5, 5.41) is 2.99. The highest BCUT2D eigenvalue weighted by molar-refractivity contribution is 5.78. The lowest BCUT2D eigenvalue weighted by molar-refractivity contribution is -0.121. The Balaban J connectivity index is 1.46. The van der Waals surface area contributed by atoms with Gasteiger partial charge in [-0.1, -0.05) is 12.1 Å². The van der Waals surface area contributed by atoms with E-state index < -0.39 is 0 Å². The molecule has 2 aromatic rings. The molecule has 4 rings (SSSR count). The molecule has 156 valence electrons. The number of para-hydroxylation sites is 2. The number of likely N-dealkylation sites (tertiary alicyclic amines) is 1. The lowest BCUT2D eigenvalue weighted by Gasteiger charge is -2.28. The van der Waals surface area contributed by atoms with Crippen molar-refractivity contribution in [3.8, 4) is 0 Å². The molecule has 2 aliphatic rings. The quantitative estimate of drug-likeness (QED) is 0.743. The summed E-state index contributed by atoms with van der Waals surface area (Å²) in [6.07, 6.45) is 2.77. The van der Waals surface area contributed by atoms with Crippen molar-refractivity contribution < 1.29 is 9.53 Å². The summed E-state index contributed by atoms with van der Waals surface area (Å²) in [4.78, 5) is 34.5. The fourth-order valence-corrected chi connectivity index (χ4v) is 4.04. The Hall–Kier alpha value is -2.45. The van der Waals surface area contributed by atoms with Crippen molar-refractivity contribution >= 4 is 22.8 Å². The zero-order chi connectivity index (χ0) is 20.1. The number of hydrogen-bond donors (Lipinski definition) is 1. The van der Waals surface area contributed by atoms with Gasteiger partial charge in [-0.15, -0.1) is 0 Å². The van der Waals surface area contributed by atoms with Gasteiger partial charge in [-0.3, -0.25) is 9.59 Å². The van der Waals surface area contributed by atoms with Crippen molar-refractivity contribution in [2.75, 3.05) is 57.4 Å². The smallest absolute Gasteiger partial charge is 0.294 e. The summed E-state index contributed by atoms with van der Waals surface area (Å²) in [5.74, 6) is 0.423. The normalized spacial score (nSPS) is 17.7. The van der Waals surface area contributed by atoms with E-state index >= 15 is 0 Å². The Kier molecular flexibility index (Phi) is 6.41. The second kappa shape index (κ2) is 9.37. The highest BCUT2D eigenvalue weighted by atomic mass is 16.5. The van der Waals surface area contributed by atoms with E-state index in [-0.39, 0.29) is 17.9 Å². The summed E-state index contributed by atoms with van der Waals surface area (Å²) in [7, 11) is 0. The molecular formula is C21H29N5O3. The number of aryl methyl sites for hydroxylation is 1. The van der Waals surface area contributed by atoms with Crippen LogP contribution in [0.2, 0.25) is 0 Å². The van der Waals surface area contributed by atoms with Gasteiger partial charge in [0.15, 0.2) is 5.82 Å². The predicted molar refractivity (Wildman–Crippen MR) is 112 cm³/mol. The summed E-state index contributed by atoms with van der Waals surface area (Å²) < 4.78 is 7.09. The first kappa shape index (κ1) is 19.8. The molecule has 1 amide bonds. The lowest BCUT2D eigenvalue weighted by Crippen LogP contribution is -2.41. The predicted octanol–water partition coefficient (Wildman–Crippen LogP) is 0.835. The molecule has 2 aliphatic heterocycles. The molecule has 1 aromatic heterocycles. The SMILES string of the molecule is O=C(CCn1c(=O)c(N2CCOCC2)nc2ccccc21)NCCN1CCCC1. The van der Waals surface area contributed by atoms with Crippen LogP contribution in [-0.4, -0.2) is 72.8 Å². The number of carbonyl (C=O) groups is 1. The van der Waals surface area contributed by atoms with Crippen molar-refractivity contribution in [2.45, 2.75) is 25.8 Å². The number of hydrogen-bond acceptors (Lipinski definition) is 6. The first-order valence-electron chi connectivity index (χ1n) is 10.5. The van der Waals surface area contributed by atoms with Crippen LogP contribution in [0.25, 0.3) is 11.0 Å². The van der Waals surface area contributed by atoms with Crippen LogP contribution in [0.15, 0.2) is 29.1 Å². The summed E-state index contributed by atoms with van der Waals surface area (Å²) in [6, 6.07) is 7.60. The Bertz CT molecular complexity index is 901. The molecule has 1 N–H and O–H groups in total. The second-order valence-electron chi connectivity index (χ2n) is 7.63. The fourth-order valence-electron chi connectivity index (χ4n) is 4.04. The first-order valence-corrected chi connectivity index (χ1v) is 10.5. The maximum atomic E-state index is 13.2. The van der Waals surface area contributed by atoms with Crippen LogP contribution in [0.1, 0.15) is 19.3 Å². The molecule has 8 heteroatoms. The average Bonchev–Trinajstić information content (AvgIpc) is 3.27. The molecule has 8 nitrogen and oxygen atoms in total. The monoisotopic (exact) mass is 399 g/mol. The number of fused-ring (bicyclic) bond motifs is 1. The van der Waals surface area contributed by atoms with Gasteiger partial charge in [-0.25, -0.2) is 4.98 Å². The number of morpholine rings is 1. The Morgan fingerprint density at radius 3 is 2.62 bits per heavy atom. The third-order valence-electron chi connectivity index (χ3n) is 5.66. The highest BCUT2D eigenvalue weighted by Crippen LogP contribution is 2.16. The fraction of sp³-hybridized carbons (Fsp3) is 0.571. The third-order valence-corrected chi connectivity index (χ3v) is 5.66. The van der Waals surface area contributed by atoms with Crippen molar-refractivity contribution in [3.05, 3.63) is 34.6 Å². The van der Waals surface area contributed by atoms with Crippen LogP contribution in [0.5, 0.6) is 0 Å². The van der Waals surface area contributed by atoms with Gasteiger partial charge in [-0.2, -0.15) is 0 Å². The summed E-state index contributed by atoms with van der Waals surface area (Å²) in [6.45, 7) is 6.62. The van der Waals surface area contributed by atoms with Crippen molar-refractivity contribution in [1.82, 2.24) is 19.8 Å². The van der Waals surface area contributed by atoms with Gasteiger partial charge in [-0.05, 0) is 38.1 Å². The number of nitrogens with one attached hydrogen (secondary N) is 1. The Labute approximate surface area is 170 Å². The van der Waals surface area contributed by atoms with E-state index in [1.54, 1.807) is 4.57 Å². The van der Waals surface area contributed by atoms with Gasteiger partial charge in [0.25, 0.3) is 5.56 Å². The molecule has 0 unspecified atom stereocenters. The standard InChI is InChI=1S/C21H29N5O3/c27-19(22-8-12-24-9-3-4-10-24)7-11-26-18-6-2-1-5-17(18)23-20(21(26)28)25-13-15-29-16-14-25/h1-2,5-6H,3-4,7-16H2,(H,22,27). The van der Waals surface area contributed by atoms with Crippen LogP contribution in [0, 0.1) is 0 Å². The molecule has 0 spiro atoms. The molecule has 2 fully saturated rings. The number of nitrogens with zero attached hydrogens (tertiary/aromatic N) is 4. The molecule has 0 radical (unpaired) electrons. The van der Waals surface area contributed by atoms with Gasteiger partial charge in [0.1, 0.15) is 0 Å². The molecule has 0 aliphatic carbocycles. The number of benzene rings is 1. The van der Waals surface area contributed by atoms with Gasteiger partial charge in [0.05, 0.1) is 24.2 Å². The van der Waals surface area contributed by atoms with Crippen LogP contribution in [0.4, 0.5) is 5.82 Å². The van der Waals surface area contributed by atoms with Crippen molar-refractivity contribution in [3.63, 3.8) is 0 Å². The number of rotatable bonds is 7. The minimum atomic E-state index is -0.143. The van der Waals surface area contributed by atoms with E-state index in [1.807, 2.05) is 29.2 Å². The number of amides is 1. The molecule has 0 atom stereocenters. The van der Waals surface area contributed by atoms with E-state index in [9.17, 15) is 9.59 Å². The minimum absolute atomic E-state index is 0.0232. The molecule has 1 aromatic carbocycles. The third kappa shape index (κ3) is 4.76. The van der Waals surface area contributed by atoms with Gasteiger partial charge in [0.2, 0.25) is 5.91 Å². The molecule has 3 heterocycles. The highest BCUT2D eigenvalue weighted by Gasteiger charge is 2.19. The Morgan fingerprint density at radius 2 is 1.83 bits per heavy atom. The Morgan fingerprint density at radius 1 is 1.07 bits per heavy atom. The van der Waals surface area contributed by atoms with Crippen molar-refractivity contribution in [2.24, 2.45) is 0 Å². The number of anilines is 1. The van der Waals surface area contributed by atoms with E-state index in [1.165, 1.54) is 12.8 Å². The van der Waals surface area contributed by atoms with Crippen molar-refractivity contribution in [1.29, 1.82) is 0 Å². The van der Waals surface area contributed by atoms with Crippen LogP contribution in [-0.2, 0) is 16.1 Å². The van der Waals surface area contributed by atoms with Crippen LogP contribution < -0.4 is 15.8 Å². The molecule has 0 saturated carbocycles. The van der Waals surface area contributed by atoms with E-state index in [0.717, 1.165) is 30.7 Å². The van der Waals surface area contributed by atoms with Gasteiger partial charge >= 0.3 is 0 Å². The second-order valence-corrected chi connectivity index (χ2v) is 7.63.